The molecule has 4 rings (SSSR count). The summed E-state index contributed by atoms with van der Waals surface area (Å²) in [5, 5.41) is 0. The van der Waals surface area contributed by atoms with E-state index < -0.39 is 0 Å². The van der Waals surface area contributed by atoms with Crippen molar-refractivity contribution in [3.8, 4) is 0 Å². The van der Waals surface area contributed by atoms with Crippen LogP contribution in [0.2, 0.25) is 0 Å². The van der Waals surface area contributed by atoms with Crippen LogP contribution >= 0.6 is 0 Å². The predicted molar refractivity (Wildman–Crippen MR) is 82.8 cm³/mol. The van der Waals surface area contributed by atoms with Crippen LogP contribution in [0.1, 0.15) is 32.6 Å². The van der Waals surface area contributed by atoms with Crippen molar-refractivity contribution in [2.75, 3.05) is 46.3 Å². The Labute approximate surface area is 124 Å². The van der Waals surface area contributed by atoms with Crippen molar-refractivity contribution in [1.82, 2.24) is 14.7 Å². The van der Waals surface area contributed by atoms with Crippen molar-refractivity contribution in [2.45, 2.75) is 44.7 Å². The minimum atomic E-state index is 0.912. The molecule has 0 N–H and O–H groups in total. The van der Waals surface area contributed by atoms with Crippen molar-refractivity contribution in [2.24, 2.45) is 17.8 Å². The van der Waals surface area contributed by atoms with Crippen LogP contribution in [0.15, 0.2) is 0 Å². The van der Waals surface area contributed by atoms with E-state index in [-0.39, 0.29) is 0 Å². The number of nitrogens with zero attached hydrogens (tertiary/aromatic N) is 3. The third kappa shape index (κ3) is 2.42. The highest BCUT2D eigenvalue weighted by molar-refractivity contribution is 4.97. The van der Waals surface area contributed by atoms with Crippen LogP contribution in [0.3, 0.4) is 0 Å². The summed E-state index contributed by atoms with van der Waals surface area (Å²) < 4.78 is 0. The Morgan fingerprint density at radius 1 is 0.750 bits per heavy atom. The summed E-state index contributed by atoms with van der Waals surface area (Å²) in [5.41, 5.74) is 0. The second-order valence-electron chi connectivity index (χ2n) is 8.19. The van der Waals surface area contributed by atoms with Crippen molar-refractivity contribution >= 4 is 0 Å². The third-order valence-corrected chi connectivity index (χ3v) is 6.53. The minimum Gasteiger partial charge on any atom is -0.306 e. The number of hydrogen-bond acceptors (Lipinski definition) is 3. The summed E-state index contributed by atoms with van der Waals surface area (Å²) in [5.74, 6) is 2.98. The lowest BCUT2D eigenvalue weighted by atomic mass is 9.93. The summed E-state index contributed by atoms with van der Waals surface area (Å²) in [7, 11) is 2.30. The summed E-state index contributed by atoms with van der Waals surface area (Å²) in [6, 6.07) is 1.84. The van der Waals surface area contributed by atoms with E-state index in [2.05, 4.69) is 28.7 Å². The molecular formula is C17H31N3. The third-order valence-electron chi connectivity index (χ3n) is 6.53. The molecule has 3 aliphatic heterocycles. The first-order valence-electron chi connectivity index (χ1n) is 8.85. The van der Waals surface area contributed by atoms with Crippen molar-refractivity contribution in [3.63, 3.8) is 0 Å². The van der Waals surface area contributed by atoms with Gasteiger partial charge in [-0.25, -0.2) is 0 Å². The topological polar surface area (TPSA) is 9.72 Å². The lowest BCUT2D eigenvalue weighted by Crippen LogP contribution is -2.55. The molecule has 3 heterocycles. The molecule has 0 bridgehead atoms. The molecule has 0 radical (unpaired) electrons. The van der Waals surface area contributed by atoms with Gasteiger partial charge in [-0.15, -0.1) is 0 Å². The van der Waals surface area contributed by atoms with Gasteiger partial charge in [-0.05, 0) is 63.6 Å². The van der Waals surface area contributed by atoms with Crippen LogP contribution < -0.4 is 0 Å². The zero-order valence-corrected chi connectivity index (χ0v) is 13.3. The predicted octanol–water partition coefficient (Wildman–Crippen LogP) is 1.74. The summed E-state index contributed by atoms with van der Waals surface area (Å²) in [4.78, 5) is 8.13. The molecule has 3 nitrogen and oxygen atoms in total. The van der Waals surface area contributed by atoms with Crippen LogP contribution in [0.25, 0.3) is 0 Å². The molecule has 0 aromatic rings. The fourth-order valence-corrected chi connectivity index (χ4v) is 5.46. The SMILES string of the molecule is CC1CN(C2CCN(C3CC4CN(C)CC4C3)CC2)C1. The second-order valence-corrected chi connectivity index (χ2v) is 8.19. The van der Waals surface area contributed by atoms with Crippen LogP contribution in [0.4, 0.5) is 0 Å². The summed E-state index contributed by atoms with van der Waals surface area (Å²) in [6.45, 7) is 10.6. The summed E-state index contributed by atoms with van der Waals surface area (Å²) >= 11 is 0. The van der Waals surface area contributed by atoms with Gasteiger partial charge < -0.3 is 9.80 Å². The Hall–Kier alpha value is -0.120. The molecule has 3 saturated heterocycles. The fourth-order valence-electron chi connectivity index (χ4n) is 5.46. The Balaban J connectivity index is 1.26. The van der Waals surface area contributed by atoms with Gasteiger partial charge in [0.1, 0.15) is 0 Å². The van der Waals surface area contributed by atoms with E-state index in [1.54, 1.807) is 0 Å². The van der Waals surface area contributed by atoms with Crippen molar-refractivity contribution in [3.05, 3.63) is 0 Å². The van der Waals surface area contributed by atoms with Gasteiger partial charge in [-0.2, -0.15) is 0 Å². The highest BCUT2D eigenvalue weighted by atomic mass is 15.3. The molecule has 20 heavy (non-hydrogen) atoms. The zero-order valence-electron chi connectivity index (χ0n) is 13.3. The molecule has 0 aromatic carbocycles. The fraction of sp³-hybridized carbons (Fsp3) is 1.00. The van der Waals surface area contributed by atoms with Crippen LogP contribution in [0.5, 0.6) is 0 Å². The molecule has 2 atom stereocenters. The molecular weight excluding hydrogens is 246 g/mol. The molecule has 0 spiro atoms. The van der Waals surface area contributed by atoms with E-state index in [0.717, 1.165) is 29.8 Å². The normalized spacial score (nSPS) is 42.0. The van der Waals surface area contributed by atoms with Gasteiger partial charge in [0.05, 0.1) is 0 Å². The maximum absolute atomic E-state index is 2.85. The average Bonchev–Trinajstić information content (AvgIpc) is 2.92. The Morgan fingerprint density at radius 3 is 1.90 bits per heavy atom. The smallest absolute Gasteiger partial charge is 0.0120 e. The number of fused-ring (bicyclic) bond motifs is 1. The molecule has 1 saturated carbocycles. The monoisotopic (exact) mass is 277 g/mol. The molecule has 2 unspecified atom stereocenters. The molecule has 4 aliphatic rings. The Bertz CT molecular complexity index is 330. The Morgan fingerprint density at radius 2 is 1.35 bits per heavy atom. The van der Waals surface area contributed by atoms with Gasteiger partial charge in [-0.1, -0.05) is 6.92 Å². The molecule has 0 amide bonds. The first-order chi connectivity index (χ1) is 9.69. The lowest BCUT2D eigenvalue weighted by molar-refractivity contribution is 0.0171. The van der Waals surface area contributed by atoms with Gasteiger partial charge >= 0.3 is 0 Å². The van der Waals surface area contributed by atoms with Crippen LogP contribution in [-0.4, -0.2) is 73.1 Å². The maximum Gasteiger partial charge on any atom is 0.0120 e. The molecule has 0 aromatic heterocycles. The molecule has 114 valence electrons. The molecule has 4 fully saturated rings. The molecule has 3 heteroatoms. The average molecular weight is 277 g/mol. The lowest BCUT2D eigenvalue weighted by Gasteiger charge is -2.47. The minimum absolute atomic E-state index is 0.912. The summed E-state index contributed by atoms with van der Waals surface area (Å²) in [6.07, 6.45) is 5.83. The standard InChI is InChI=1S/C17H31N3/c1-13-9-20(10-13)16-3-5-19(6-4-16)17-7-14-11-18(2)12-15(14)8-17/h13-17H,3-12H2,1-2H3. The van der Waals surface area contributed by atoms with E-state index in [9.17, 15) is 0 Å². The first kappa shape index (κ1) is 13.5. The quantitative estimate of drug-likeness (QED) is 0.761. The van der Waals surface area contributed by atoms with Gasteiger partial charge in [0.2, 0.25) is 0 Å². The van der Waals surface area contributed by atoms with E-state index in [1.165, 1.54) is 65.0 Å². The Kier molecular flexibility index (Phi) is 3.56. The van der Waals surface area contributed by atoms with Gasteiger partial charge in [0, 0.05) is 38.3 Å². The highest BCUT2D eigenvalue weighted by Gasteiger charge is 2.42. The first-order valence-corrected chi connectivity index (χ1v) is 8.85. The van der Waals surface area contributed by atoms with Gasteiger partial charge in [-0.3, -0.25) is 4.90 Å². The largest absolute Gasteiger partial charge is 0.306 e. The number of rotatable bonds is 2. The molecule has 1 aliphatic carbocycles. The van der Waals surface area contributed by atoms with Gasteiger partial charge in [0.25, 0.3) is 0 Å². The number of piperidine rings is 1. The highest BCUT2D eigenvalue weighted by Crippen LogP contribution is 2.40. The van der Waals surface area contributed by atoms with Crippen LogP contribution in [0, 0.1) is 17.8 Å². The van der Waals surface area contributed by atoms with Crippen molar-refractivity contribution < 1.29 is 0 Å². The van der Waals surface area contributed by atoms with E-state index >= 15 is 0 Å². The maximum atomic E-state index is 2.85. The zero-order chi connectivity index (χ0) is 13.7. The van der Waals surface area contributed by atoms with Gasteiger partial charge in [0.15, 0.2) is 0 Å². The number of hydrogen-bond donors (Lipinski definition) is 0. The number of likely N-dealkylation sites (tertiary alicyclic amines) is 3. The van der Waals surface area contributed by atoms with Crippen molar-refractivity contribution in [1.29, 1.82) is 0 Å². The van der Waals surface area contributed by atoms with Crippen LogP contribution in [-0.2, 0) is 0 Å². The van der Waals surface area contributed by atoms with E-state index in [1.807, 2.05) is 0 Å². The van der Waals surface area contributed by atoms with E-state index in [4.69, 9.17) is 0 Å². The van der Waals surface area contributed by atoms with E-state index in [0.29, 0.717) is 0 Å². The second kappa shape index (κ2) is 5.26.